The maximum Gasteiger partial charge on any atom is 0.256 e. The standard InChI is InChI=1S/C15H15ClN2OS/c1-17-13-3-2-11(16)8-12(13)15(19)18-6-4-14-10(9-18)5-7-20-14/h2-3,5,7-8,17H,4,6,9H2,1H3. The lowest BCUT2D eigenvalue weighted by Crippen LogP contribution is -2.35. The van der Waals surface area contributed by atoms with E-state index in [-0.39, 0.29) is 5.91 Å². The summed E-state index contributed by atoms with van der Waals surface area (Å²) in [5.74, 6) is 0.0358. The summed E-state index contributed by atoms with van der Waals surface area (Å²) in [4.78, 5) is 16.0. The molecule has 3 rings (SSSR count). The Kier molecular flexibility index (Phi) is 3.68. The van der Waals surface area contributed by atoms with Crippen molar-refractivity contribution in [3.63, 3.8) is 0 Å². The van der Waals surface area contributed by atoms with Crippen LogP contribution < -0.4 is 5.32 Å². The largest absolute Gasteiger partial charge is 0.387 e. The monoisotopic (exact) mass is 306 g/mol. The molecule has 2 heterocycles. The van der Waals surface area contributed by atoms with Crippen LogP contribution in [0.5, 0.6) is 0 Å². The van der Waals surface area contributed by atoms with E-state index in [4.69, 9.17) is 11.6 Å². The van der Waals surface area contributed by atoms with Crippen molar-refractivity contribution in [1.82, 2.24) is 4.90 Å². The van der Waals surface area contributed by atoms with Crippen molar-refractivity contribution in [2.24, 2.45) is 0 Å². The van der Waals surface area contributed by atoms with Crippen LogP contribution in [0.4, 0.5) is 5.69 Å². The van der Waals surface area contributed by atoms with Crippen LogP contribution in [0.25, 0.3) is 0 Å². The van der Waals surface area contributed by atoms with Gasteiger partial charge in [-0.1, -0.05) is 11.6 Å². The summed E-state index contributed by atoms with van der Waals surface area (Å²) in [6.07, 6.45) is 0.939. The summed E-state index contributed by atoms with van der Waals surface area (Å²) in [5, 5.41) is 5.73. The predicted octanol–water partition coefficient (Wildman–Crippen LogP) is 3.64. The molecule has 3 nitrogen and oxygen atoms in total. The minimum atomic E-state index is 0.0358. The molecular formula is C15H15ClN2OS. The van der Waals surface area contributed by atoms with E-state index in [1.807, 2.05) is 18.0 Å². The van der Waals surface area contributed by atoms with Crippen LogP contribution in [0, 0.1) is 0 Å². The Balaban J connectivity index is 1.88. The number of nitrogens with zero attached hydrogens (tertiary/aromatic N) is 1. The van der Waals surface area contributed by atoms with Gasteiger partial charge in [-0.2, -0.15) is 0 Å². The summed E-state index contributed by atoms with van der Waals surface area (Å²) < 4.78 is 0. The Hall–Kier alpha value is -1.52. The molecule has 2 aromatic rings. The number of amides is 1. The molecule has 0 unspecified atom stereocenters. The quantitative estimate of drug-likeness (QED) is 0.918. The van der Waals surface area contributed by atoms with Gasteiger partial charge in [-0.05, 0) is 41.6 Å². The van der Waals surface area contributed by atoms with Crippen molar-refractivity contribution in [3.05, 3.63) is 50.7 Å². The van der Waals surface area contributed by atoms with Crippen LogP contribution in [0.15, 0.2) is 29.6 Å². The van der Waals surface area contributed by atoms with E-state index in [0.29, 0.717) is 17.1 Å². The molecule has 1 amide bonds. The number of carbonyl (C=O) groups excluding carboxylic acids is 1. The fourth-order valence-electron chi connectivity index (χ4n) is 2.50. The van der Waals surface area contributed by atoms with E-state index in [1.54, 1.807) is 23.5 Å². The second-order valence-corrected chi connectivity index (χ2v) is 6.22. The Labute approximate surface area is 127 Å². The Morgan fingerprint density at radius 1 is 1.40 bits per heavy atom. The van der Waals surface area contributed by atoms with Gasteiger partial charge in [-0.15, -0.1) is 11.3 Å². The first-order valence-electron chi connectivity index (χ1n) is 6.51. The zero-order chi connectivity index (χ0) is 14.1. The predicted molar refractivity (Wildman–Crippen MR) is 83.8 cm³/mol. The van der Waals surface area contributed by atoms with E-state index in [0.717, 1.165) is 18.7 Å². The smallest absolute Gasteiger partial charge is 0.256 e. The van der Waals surface area contributed by atoms with Crippen LogP contribution >= 0.6 is 22.9 Å². The molecule has 20 heavy (non-hydrogen) atoms. The van der Waals surface area contributed by atoms with E-state index in [1.165, 1.54) is 10.4 Å². The molecule has 0 atom stereocenters. The second kappa shape index (κ2) is 5.46. The number of rotatable bonds is 2. The summed E-state index contributed by atoms with van der Waals surface area (Å²) in [6.45, 7) is 1.45. The number of thiophene rings is 1. The van der Waals surface area contributed by atoms with Crippen molar-refractivity contribution in [2.45, 2.75) is 13.0 Å². The topological polar surface area (TPSA) is 32.3 Å². The lowest BCUT2D eigenvalue weighted by atomic mass is 10.1. The average molecular weight is 307 g/mol. The van der Waals surface area contributed by atoms with E-state index >= 15 is 0 Å². The Bertz CT molecular complexity index is 653. The Morgan fingerprint density at radius 2 is 2.25 bits per heavy atom. The maximum absolute atomic E-state index is 12.7. The molecule has 0 fully saturated rings. The van der Waals surface area contributed by atoms with Gasteiger partial charge in [-0.3, -0.25) is 4.79 Å². The summed E-state index contributed by atoms with van der Waals surface area (Å²) in [7, 11) is 1.81. The maximum atomic E-state index is 12.7. The fourth-order valence-corrected chi connectivity index (χ4v) is 3.57. The van der Waals surface area contributed by atoms with Gasteiger partial charge in [0, 0.05) is 35.7 Å². The van der Waals surface area contributed by atoms with Gasteiger partial charge >= 0.3 is 0 Å². The van der Waals surface area contributed by atoms with Crippen molar-refractivity contribution >= 4 is 34.5 Å². The first kappa shape index (κ1) is 13.5. The van der Waals surface area contributed by atoms with Crippen LogP contribution in [-0.4, -0.2) is 24.4 Å². The highest BCUT2D eigenvalue weighted by atomic mass is 35.5. The van der Waals surface area contributed by atoms with Gasteiger partial charge in [-0.25, -0.2) is 0 Å². The third-order valence-electron chi connectivity index (χ3n) is 3.58. The third kappa shape index (κ3) is 2.41. The molecule has 0 bridgehead atoms. The molecule has 1 aromatic heterocycles. The lowest BCUT2D eigenvalue weighted by Gasteiger charge is -2.27. The average Bonchev–Trinajstić information content (AvgIpc) is 2.93. The van der Waals surface area contributed by atoms with Gasteiger partial charge in [0.05, 0.1) is 5.56 Å². The molecule has 1 aromatic carbocycles. The number of hydrogen-bond acceptors (Lipinski definition) is 3. The highest BCUT2D eigenvalue weighted by molar-refractivity contribution is 7.10. The second-order valence-electron chi connectivity index (χ2n) is 4.79. The van der Waals surface area contributed by atoms with Crippen molar-refractivity contribution in [2.75, 3.05) is 18.9 Å². The van der Waals surface area contributed by atoms with Gasteiger partial charge in [0.15, 0.2) is 0 Å². The number of benzene rings is 1. The van der Waals surface area contributed by atoms with E-state index < -0.39 is 0 Å². The molecule has 1 aliphatic rings. The van der Waals surface area contributed by atoms with Gasteiger partial charge < -0.3 is 10.2 Å². The third-order valence-corrected chi connectivity index (χ3v) is 4.83. The minimum Gasteiger partial charge on any atom is -0.387 e. The number of hydrogen-bond donors (Lipinski definition) is 1. The fraction of sp³-hybridized carbons (Fsp3) is 0.267. The first-order chi connectivity index (χ1) is 9.69. The number of nitrogens with one attached hydrogen (secondary N) is 1. The molecule has 5 heteroatoms. The normalized spacial score (nSPS) is 14.0. The van der Waals surface area contributed by atoms with Gasteiger partial charge in [0.1, 0.15) is 0 Å². The lowest BCUT2D eigenvalue weighted by molar-refractivity contribution is 0.0737. The van der Waals surface area contributed by atoms with Crippen LogP contribution in [0.2, 0.25) is 5.02 Å². The van der Waals surface area contributed by atoms with Crippen LogP contribution in [0.1, 0.15) is 20.8 Å². The van der Waals surface area contributed by atoms with Crippen molar-refractivity contribution in [1.29, 1.82) is 0 Å². The highest BCUT2D eigenvalue weighted by Gasteiger charge is 2.24. The summed E-state index contributed by atoms with van der Waals surface area (Å²) in [6, 6.07) is 7.47. The molecule has 0 radical (unpaired) electrons. The minimum absolute atomic E-state index is 0.0358. The van der Waals surface area contributed by atoms with Crippen molar-refractivity contribution < 1.29 is 4.79 Å². The SMILES string of the molecule is CNc1ccc(Cl)cc1C(=O)N1CCc2sccc2C1. The van der Waals surface area contributed by atoms with Gasteiger partial charge in [0.25, 0.3) is 5.91 Å². The number of carbonyl (C=O) groups is 1. The molecule has 1 N–H and O–H groups in total. The molecule has 1 aliphatic heterocycles. The number of fused-ring (bicyclic) bond motifs is 1. The molecule has 0 aliphatic carbocycles. The summed E-state index contributed by atoms with van der Waals surface area (Å²) >= 11 is 7.80. The Morgan fingerprint density at radius 3 is 3.05 bits per heavy atom. The highest BCUT2D eigenvalue weighted by Crippen LogP contribution is 2.27. The van der Waals surface area contributed by atoms with Gasteiger partial charge in [0.2, 0.25) is 0 Å². The number of halogens is 1. The summed E-state index contributed by atoms with van der Waals surface area (Å²) in [5.41, 5.74) is 2.72. The zero-order valence-corrected chi connectivity index (χ0v) is 12.7. The van der Waals surface area contributed by atoms with Crippen LogP contribution in [-0.2, 0) is 13.0 Å². The van der Waals surface area contributed by atoms with Crippen LogP contribution in [0.3, 0.4) is 0 Å². The van der Waals surface area contributed by atoms with Crippen molar-refractivity contribution in [3.8, 4) is 0 Å². The van der Waals surface area contributed by atoms with E-state index in [2.05, 4.69) is 16.8 Å². The number of anilines is 1. The molecule has 0 spiro atoms. The van der Waals surface area contributed by atoms with E-state index in [9.17, 15) is 4.79 Å². The zero-order valence-electron chi connectivity index (χ0n) is 11.1. The molecule has 0 saturated carbocycles. The molecular weight excluding hydrogens is 292 g/mol. The molecule has 0 saturated heterocycles. The first-order valence-corrected chi connectivity index (χ1v) is 7.76. The molecule has 104 valence electrons.